The average Bonchev–Trinajstić information content (AvgIpc) is 3.56. The van der Waals surface area contributed by atoms with Gasteiger partial charge in [0.1, 0.15) is 19.8 Å². The molecule has 0 saturated carbocycles. The Hall–Kier alpha value is -3.07. The molecule has 0 saturated heterocycles. The number of quaternary nitrogens is 1. The quantitative estimate of drug-likeness (QED) is 0.0211. The van der Waals surface area contributed by atoms with Crippen LogP contribution in [0, 0.1) is 0 Å². The standard InChI is InChI=1S/C76H136NO8P/c1-6-8-10-12-14-16-18-20-22-24-26-28-30-32-34-35-36-37-38-39-40-41-43-45-47-49-51-53-55-57-59-61-63-65-67-69-76(79)85-74(73-84-86(80,81)83-71-70-77(3,4)5)72-82-75(78)68-66-64-62-60-58-56-54-52-50-48-46-44-42-33-31-29-27-25-23-21-19-17-15-13-11-9-7-2/h8,10,14,16,20,22,25-28,32,34,36-37,39-40,74H,6-7,9,11-13,15,17-19,21,23-24,29-31,33,35,38,41-73H2,1-5H3/p+1/b10-8-,16-14-,22-20-,27-25-,28-26-,34-32-,37-36-,40-39-. The van der Waals surface area contributed by atoms with Gasteiger partial charge in [-0.3, -0.25) is 18.6 Å². The third-order valence-electron chi connectivity index (χ3n) is 15.6. The van der Waals surface area contributed by atoms with E-state index in [2.05, 4.69) is 111 Å². The van der Waals surface area contributed by atoms with Gasteiger partial charge in [-0.15, -0.1) is 0 Å². The third-order valence-corrected chi connectivity index (χ3v) is 16.6. The van der Waals surface area contributed by atoms with E-state index in [-0.39, 0.29) is 32.0 Å². The highest BCUT2D eigenvalue weighted by atomic mass is 31.2. The van der Waals surface area contributed by atoms with Crippen LogP contribution < -0.4 is 0 Å². The number of ether oxygens (including phenoxy) is 2. The van der Waals surface area contributed by atoms with Gasteiger partial charge in [0.05, 0.1) is 27.7 Å². The largest absolute Gasteiger partial charge is 0.472 e. The molecule has 10 heteroatoms. The summed E-state index contributed by atoms with van der Waals surface area (Å²) in [5, 5.41) is 0. The van der Waals surface area contributed by atoms with Crippen molar-refractivity contribution < 1.29 is 42.1 Å². The molecular weight excluding hydrogens is 1090 g/mol. The number of phosphoric ester groups is 1. The number of phosphoric acid groups is 1. The molecule has 0 bridgehead atoms. The van der Waals surface area contributed by atoms with Crippen LogP contribution in [0.1, 0.15) is 322 Å². The van der Waals surface area contributed by atoms with Crippen LogP contribution in [-0.4, -0.2) is 74.9 Å². The number of unbranched alkanes of at least 4 members (excludes halogenated alkanes) is 36. The van der Waals surface area contributed by atoms with Crippen molar-refractivity contribution in [1.82, 2.24) is 0 Å². The maximum atomic E-state index is 12.9. The lowest BCUT2D eigenvalue weighted by atomic mass is 10.0. The van der Waals surface area contributed by atoms with Gasteiger partial charge >= 0.3 is 19.8 Å². The lowest BCUT2D eigenvalue weighted by Crippen LogP contribution is -2.37. The molecule has 0 fully saturated rings. The first kappa shape index (κ1) is 82.9. The first-order valence-corrected chi connectivity index (χ1v) is 37.5. The Morgan fingerprint density at radius 3 is 1.00 bits per heavy atom. The Labute approximate surface area is 532 Å². The van der Waals surface area contributed by atoms with Crippen LogP contribution in [0.3, 0.4) is 0 Å². The molecule has 9 nitrogen and oxygen atoms in total. The summed E-state index contributed by atoms with van der Waals surface area (Å²) in [5.41, 5.74) is 0. The van der Waals surface area contributed by atoms with Crippen LogP contribution >= 0.6 is 7.82 Å². The predicted molar refractivity (Wildman–Crippen MR) is 372 cm³/mol. The Bertz CT molecular complexity index is 1770. The number of hydrogen-bond donors (Lipinski definition) is 1. The summed E-state index contributed by atoms with van der Waals surface area (Å²) in [6.07, 6.45) is 92.3. The minimum Gasteiger partial charge on any atom is -0.462 e. The van der Waals surface area contributed by atoms with E-state index in [0.717, 1.165) is 83.5 Å². The molecule has 0 aromatic rings. The van der Waals surface area contributed by atoms with E-state index in [9.17, 15) is 19.0 Å². The zero-order valence-electron chi connectivity index (χ0n) is 56.8. The molecule has 0 aliphatic rings. The monoisotopic (exact) mass is 1220 g/mol. The number of allylic oxidation sites excluding steroid dienone is 16. The van der Waals surface area contributed by atoms with E-state index < -0.39 is 26.5 Å². The van der Waals surface area contributed by atoms with Crippen LogP contribution in [0.4, 0.5) is 0 Å². The van der Waals surface area contributed by atoms with Gasteiger partial charge in [-0.25, -0.2) is 4.57 Å². The van der Waals surface area contributed by atoms with E-state index in [4.69, 9.17) is 18.5 Å². The summed E-state index contributed by atoms with van der Waals surface area (Å²) in [7, 11) is 1.48. The molecule has 0 amide bonds. The van der Waals surface area contributed by atoms with E-state index >= 15 is 0 Å². The topological polar surface area (TPSA) is 108 Å². The average molecular weight is 1220 g/mol. The van der Waals surface area contributed by atoms with Crippen molar-refractivity contribution in [2.45, 2.75) is 328 Å². The highest BCUT2D eigenvalue weighted by Gasteiger charge is 2.27. The number of carbonyl (C=O) groups is 2. The van der Waals surface area contributed by atoms with Crippen molar-refractivity contribution in [2.75, 3.05) is 47.5 Å². The minimum atomic E-state index is -4.40. The maximum Gasteiger partial charge on any atom is 0.472 e. The van der Waals surface area contributed by atoms with E-state index in [0.29, 0.717) is 17.4 Å². The molecule has 0 radical (unpaired) electrons. The fourth-order valence-electron chi connectivity index (χ4n) is 10.1. The van der Waals surface area contributed by atoms with Crippen LogP contribution in [0.2, 0.25) is 0 Å². The number of nitrogens with zero attached hydrogens (tertiary/aromatic N) is 1. The Morgan fingerprint density at radius 1 is 0.372 bits per heavy atom. The van der Waals surface area contributed by atoms with Gasteiger partial charge in [0.15, 0.2) is 6.10 Å². The van der Waals surface area contributed by atoms with Crippen LogP contribution in [-0.2, 0) is 32.7 Å². The van der Waals surface area contributed by atoms with Gasteiger partial charge in [0, 0.05) is 12.8 Å². The van der Waals surface area contributed by atoms with Gasteiger partial charge in [0.25, 0.3) is 0 Å². The second-order valence-electron chi connectivity index (χ2n) is 25.2. The zero-order chi connectivity index (χ0) is 62.6. The van der Waals surface area contributed by atoms with Gasteiger partial charge < -0.3 is 18.9 Å². The van der Waals surface area contributed by atoms with Gasteiger partial charge in [0.2, 0.25) is 0 Å². The maximum absolute atomic E-state index is 12.9. The molecule has 0 spiro atoms. The van der Waals surface area contributed by atoms with Gasteiger partial charge in [-0.1, -0.05) is 310 Å². The molecule has 0 rings (SSSR count). The Balaban J connectivity index is 4.04. The molecule has 498 valence electrons. The van der Waals surface area contributed by atoms with Crippen molar-refractivity contribution in [1.29, 1.82) is 0 Å². The summed E-state index contributed by atoms with van der Waals surface area (Å²) in [6.45, 7) is 4.36. The second-order valence-corrected chi connectivity index (χ2v) is 26.7. The second kappa shape index (κ2) is 66.4. The minimum absolute atomic E-state index is 0.0296. The summed E-state index contributed by atoms with van der Waals surface area (Å²) in [6, 6.07) is 0. The first-order chi connectivity index (χ1) is 42.0. The first-order valence-electron chi connectivity index (χ1n) is 36.0. The fourth-order valence-corrected chi connectivity index (χ4v) is 10.9. The molecule has 0 aromatic carbocycles. The lowest BCUT2D eigenvalue weighted by molar-refractivity contribution is -0.870. The summed E-state index contributed by atoms with van der Waals surface area (Å²) >= 11 is 0. The smallest absolute Gasteiger partial charge is 0.462 e. The van der Waals surface area contributed by atoms with Gasteiger partial charge in [-0.2, -0.15) is 0 Å². The Morgan fingerprint density at radius 2 is 0.663 bits per heavy atom. The van der Waals surface area contributed by atoms with Gasteiger partial charge in [-0.05, 0) is 96.3 Å². The van der Waals surface area contributed by atoms with E-state index in [1.807, 2.05) is 21.1 Å². The molecule has 1 N–H and O–H groups in total. The SMILES string of the molecule is CC/C=C\C/C=C\C/C=C\C/C=C\C/C=C\C/C=C\C/C=C\CCCCCCCCCCCCCCCC(=O)OC(COC(=O)CCCCCCCCCCCCCCCCC/C=C\CCCCCCCCCC)COP(=O)(O)OCC[N+](C)(C)C. The van der Waals surface area contributed by atoms with Crippen molar-refractivity contribution in [3.8, 4) is 0 Å². The highest BCUT2D eigenvalue weighted by Crippen LogP contribution is 2.43. The molecule has 0 aliphatic heterocycles. The van der Waals surface area contributed by atoms with Crippen LogP contribution in [0.25, 0.3) is 0 Å². The summed E-state index contributed by atoms with van der Waals surface area (Å²) in [5.74, 6) is -0.789. The highest BCUT2D eigenvalue weighted by molar-refractivity contribution is 7.47. The zero-order valence-corrected chi connectivity index (χ0v) is 57.7. The fraction of sp³-hybridized carbons (Fsp3) is 0.763. The summed E-state index contributed by atoms with van der Waals surface area (Å²) in [4.78, 5) is 35.9. The Kier molecular flexibility index (Phi) is 64.0. The molecule has 2 atom stereocenters. The molecule has 2 unspecified atom stereocenters. The van der Waals surface area contributed by atoms with Crippen molar-refractivity contribution in [3.63, 3.8) is 0 Å². The lowest BCUT2D eigenvalue weighted by Gasteiger charge is -2.24. The van der Waals surface area contributed by atoms with Crippen molar-refractivity contribution >= 4 is 19.8 Å². The molecule has 86 heavy (non-hydrogen) atoms. The van der Waals surface area contributed by atoms with E-state index in [1.165, 1.54) is 205 Å². The van der Waals surface area contributed by atoms with Crippen molar-refractivity contribution in [3.05, 3.63) is 97.2 Å². The third kappa shape index (κ3) is 70.0. The molecule has 0 heterocycles. The summed E-state index contributed by atoms with van der Waals surface area (Å²) < 4.78 is 34.8. The number of likely N-dealkylation sites (N-methyl/N-ethyl adjacent to an activating group) is 1. The number of carbonyl (C=O) groups excluding carboxylic acids is 2. The van der Waals surface area contributed by atoms with Crippen LogP contribution in [0.5, 0.6) is 0 Å². The molecule has 0 aromatic heterocycles. The number of hydrogen-bond acceptors (Lipinski definition) is 7. The number of rotatable bonds is 66. The predicted octanol–water partition coefficient (Wildman–Crippen LogP) is 23.5. The molecule has 0 aliphatic carbocycles. The number of esters is 2. The van der Waals surface area contributed by atoms with Crippen LogP contribution in [0.15, 0.2) is 97.2 Å². The normalized spacial score (nSPS) is 13.7. The van der Waals surface area contributed by atoms with E-state index in [1.54, 1.807) is 0 Å². The van der Waals surface area contributed by atoms with Crippen molar-refractivity contribution in [2.24, 2.45) is 0 Å². The molecular formula is C76H137NO8P+.